The van der Waals surface area contributed by atoms with Gasteiger partial charge < -0.3 is 5.73 Å². The van der Waals surface area contributed by atoms with E-state index in [1.807, 2.05) is 13.8 Å². The number of amides is 1. The number of hydrogen-bond acceptors (Lipinski definition) is 5. The van der Waals surface area contributed by atoms with Crippen LogP contribution in [-0.2, 0) is 14.7 Å². The maximum atomic E-state index is 12.1. The Kier molecular flexibility index (Phi) is 4.97. The molecule has 0 saturated carbocycles. The highest BCUT2D eigenvalue weighted by atomic mass is 32.2. The van der Waals surface area contributed by atoms with E-state index in [1.54, 1.807) is 6.92 Å². The molecule has 2 atom stereocenters. The number of thiazole rings is 1. The van der Waals surface area contributed by atoms with Gasteiger partial charge in [-0.1, -0.05) is 13.8 Å². The fraction of sp³-hybridized carbons (Fsp3) is 0.600. The van der Waals surface area contributed by atoms with Crippen molar-refractivity contribution in [3.8, 4) is 0 Å². The summed E-state index contributed by atoms with van der Waals surface area (Å²) in [7, 11) is -3.22. The van der Waals surface area contributed by atoms with Gasteiger partial charge >= 0.3 is 0 Å². The van der Waals surface area contributed by atoms with Crippen molar-refractivity contribution in [1.82, 2.24) is 4.98 Å². The summed E-state index contributed by atoms with van der Waals surface area (Å²) in [6.07, 6.45) is 1.87. The van der Waals surface area contributed by atoms with Crippen molar-refractivity contribution in [2.24, 2.45) is 21.2 Å². The summed E-state index contributed by atoms with van der Waals surface area (Å²) in [6.45, 7) is 5.65. The molecule has 0 aromatic carbocycles. The van der Waals surface area contributed by atoms with Crippen LogP contribution in [-0.4, -0.2) is 21.1 Å². The van der Waals surface area contributed by atoms with Gasteiger partial charge in [0.1, 0.15) is 4.21 Å². The van der Waals surface area contributed by atoms with Crippen LogP contribution in [0.25, 0.3) is 0 Å². The second kappa shape index (κ2) is 5.87. The van der Waals surface area contributed by atoms with Crippen LogP contribution in [0.15, 0.2) is 14.8 Å². The van der Waals surface area contributed by atoms with Crippen LogP contribution in [0.4, 0.5) is 0 Å². The van der Waals surface area contributed by atoms with Crippen LogP contribution < -0.4 is 10.9 Å². The highest BCUT2D eigenvalue weighted by molar-refractivity contribution is 7.93. The number of carbonyl (C=O) groups excluding carboxylic acids is 1. The summed E-state index contributed by atoms with van der Waals surface area (Å²) in [5.41, 5.74) is 5.67. The molecule has 0 aliphatic carbocycles. The quantitative estimate of drug-likeness (QED) is 0.863. The van der Waals surface area contributed by atoms with Crippen LogP contribution in [0.3, 0.4) is 0 Å². The lowest BCUT2D eigenvalue weighted by Crippen LogP contribution is -2.32. The summed E-state index contributed by atoms with van der Waals surface area (Å²) < 4.78 is 16.0. The normalized spacial score (nSPS) is 16.3. The minimum atomic E-state index is -3.22. The Balaban J connectivity index is 2.94. The molecule has 0 aliphatic rings. The zero-order chi connectivity index (χ0) is 13.9. The molecule has 0 radical (unpaired) electrons. The van der Waals surface area contributed by atoms with Gasteiger partial charge in [-0.25, -0.2) is 14.3 Å². The smallest absolute Gasteiger partial charge is 0.271 e. The summed E-state index contributed by atoms with van der Waals surface area (Å²) in [4.78, 5) is 15.6. The first kappa shape index (κ1) is 15.2. The molecule has 0 aliphatic heterocycles. The maximum Gasteiger partial charge on any atom is 0.271 e. The summed E-state index contributed by atoms with van der Waals surface area (Å²) in [5, 5.41) is 6.30. The van der Waals surface area contributed by atoms with Gasteiger partial charge in [0.05, 0.1) is 17.2 Å². The van der Waals surface area contributed by atoms with Gasteiger partial charge in [0.25, 0.3) is 5.91 Å². The molecular formula is C10H18N4O2S2. The largest absolute Gasteiger partial charge is 0.320 e. The number of aromatic nitrogens is 1. The van der Waals surface area contributed by atoms with Crippen molar-refractivity contribution in [2.45, 2.75) is 37.4 Å². The van der Waals surface area contributed by atoms with E-state index >= 15 is 0 Å². The molecule has 1 heterocycles. The average molecular weight is 290 g/mol. The van der Waals surface area contributed by atoms with Gasteiger partial charge in [-0.05, 0) is 19.3 Å². The SMILES string of the molecule is Cc1ncc(S(N)(=O)=NC(=O)[C@@H](N)CC(C)C)s1. The molecule has 1 unspecified atom stereocenters. The second-order valence-corrected chi connectivity index (χ2v) is 7.69. The Morgan fingerprint density at radius 1 is 1.61 bits per heavy atom. The number of nitrogens with zero attached hydrogens (tertiary/aromatic N) is 2. The highest BCUT2D eigenvalue weighted by Crippen LogP contribution is 2.18. The van der Waals surface area contributed by atoms with Crippen LogP contribution in [0.2, 0.25) is 0 Å². The van der Waals surface area contributed by atoms with Crippen LogP contribution >= 0.6 is 11.3 Å². The van der Waals surface area contributed by atoms with Crippen LogP contribution in [0.5, 0.6) is 0 Å². The Bertz CT molecular complexity index is 544. The second-order valence-electron chi connectivity index (χ2n) is 4.43. The topological polar surface area (TPSA) is 111 Å². The third kappa shape index (κ3) is 4.13. The molecular weight excluding hydrogens is 272 g/mol. The van der Waals surface area contributed by atoms with E-state index < -0.39 is 21.9 Å². The van der Waals surface area contributed by atoms with E-state index in [-0.39, 0.29) is 5.92 Å². The van der Waals surface area contributed by atoms with Crippen molar-refractivity contribution >= 4 is 27.2 Å². The predicted molar refractivity (Wildman–Crippen MR) is 72.3 cm³/mol. The minimum absolute atomic E-state index is 0.263. The third-order valence-electron chi connectivity index (χ3n) is 2.16. The Morgan fingerprint density at radius 2 is 2.22 bits per heavy atom. The molecule has 6 nitrogen and oxygen atoms in total. The number of nitrogens with two attached hydrogens (primary N) is 2. The van der Waals surface area contributed by atoms with E-state index in [0.29, 0.717) is 10.6 Å². The lowest BCUT2D eigenvalue weighted by molar-refractivity contribution is -0.119. The zero-order valence-corrected chi connectivity index (χ0v) is 12.3. The molecule has 1 amide bonds. The van der Waals surface area contributed by atoms with Gasteiger partial charge in [0.2, 0.25) is 0 Å². The fourth-order valence-corrected chi connectivity index (χ4v) is 3.48. The monoisotopic (exact) mass is 290 g/mol. The van der Waals surface area contributed by atoms with Gasteiger partial charge in [0.15, 0.2) is 9.92 Å². The molecule has 1 aromatic heterocycles. The summed E-state index contributed by atoms with van der Waals surface area (Å²) >= 11 is 1.16. The molecule has 102 valence electrons. The molecule has 0 spiro atoms. The van der Waals surface area contributed by atoms with Crippen LogP contribution in [0, 0.1) is 12.8 Å². The first-order valence-corrected chi connectivity index (χ1v) is 7.88. The minimum Gasteiger partial charge on any atom is -0.320 e. The summed E-state index contributed by atoms with van der Waals surface area (Å²) in [6, 6.07) is -0.761. The van der Waals surface area contributed by atoms with Crippen molar-refractivity contribution in [2.75, 3.05) is 0 Å². The Morgan fingerprint density at radius 3 is 2.67 bits per heavy atom. The van der Waals surface area contributed by atoms with Crippen LogP contribution in [0.1, 0.15) is 25.3 Å². The van der Waals surface area contributed by atoms with E-state index in [4.69, 9.17) is 10.9 Å². The van der Waals surface area contributed by atoms with Crippen molar-refractivity contribution in [1.29, 1.82) is 0 Å². The lowest BCUT2D eigenvalue weighted by atomic mass is 10.0. The molecule has 8 heteroatoms. The molecule has 0 fully saturated rings. The maximum absolute atomic E-state index is 12.1. The molecule has 1 rings (SSSR count). The van der Waals surface area contributed by atoms with Gasteiger partial charge in [-0.15, -0.1) is 15.7 Å². The van der Waals surface area contributed by atoms with Crippen molar-refractivity contribution in [3.05, 3.63) is 11.2 Å². The molecule has 1 aromatic rings. The van der Waals surface area contributed by atoms with E-state index in [9.17, 15) is 9.00 Å². The molecule has 4 N–H and O–H groups in total. The van der Waals surface area contributed by atoms with Crippen molar-refractivity contribution in [3.63, 3.8) is 0 Å². The summed E-state index contributed by atoms with van der Waals surface area (Å²) in [5.74, 6) is -0.360. The molecule has 0 bridgehead atoms. The highest BCUT2D eigenvalue weighted by Gasteiger charge is 2.18. The number of hydrogen-bond donors (Lipinski definition) is 2. The fourth-order valence-electron chi connectivity index (χ4n) is 1.33. The predicted octanol–water partition coefficient (Wildman–Crippen LogP) is 1.05. The molecule has 0 saturated heterocycles. The number of carbonyl (C=O) groups is 1. The molecule has 18 heavy (non-hydrogen) atoms. The lowest BCUT2D eigenvalue weighted by Gasteiger charge is -2.10. The standard InChI is InChI=1S/C10H18N4O2S2/c1-6(2)4-8(11)10(15)14-18(12,16)9-5-13-7(3)17-9/h5-6,8H,4,11H2,1-3H3,(H2,12,14,15,16)/t8-,18?/m0/s1. The first-order chi connectivity index (χ1) is 8.22. The Labute approximate surface area is 111 Å². The number of rotatable bonds is 4. The van der Waals surface area contributed by atoms with Gasteiger partial charge in [-0.3, -0.25) is 4.79 Å². The van der Waals surface area contributed by atoms with Gasteiger partial charge in [0, 0.05) is 0 Å². The van der Waals surface area contributed by atoms with Gasteiger partial charge in [-0.2, -0.15) is 0 Å². The zero-order valence-electron chi connectivity index (χ0n) is 10.6. The third-order valence-corrected chi connectivity index (χ3v) is 4.96. The van der Waals surface area contributed by atoms with E-state index in [1.165, 1.54) is 6.20 Å². The van der Waals surface area contributed by atoms with E-state index in [2.05, 4.69) is 9.35 Å². The van der Waals surface area contributed by atoms with Crippen molar-refractivity contribution < 1.29 is 9.00 Å². The average Bonchev–Trinajstić information content (AvgIpc) is 2.63. The Hall–Kier alpha value is -0.830. The first-order valence-electron chi connectivity index (χ1n) is 5.49. The van der Waals surface area contributed by atoms with E-state index in [0.717, 1.165) is 16.3 Å². The number of aryl methyl sites for hydroxylation is 1.